The lowest BCUT2D eigenvalue weighted by Crippen LogP contribution is -2.38. The molecule has 0 saturated carbocycles. The van der Waals surface area contributed by atoms with Gasteiger partial charge < -0.3 is 15.2 Å². The molecule has 1 atom stereocenters. The highest BCUT2D eigenvalue weighted by Crippen LogP contribution is 2.19. The number of amides is 4. The Balaban J connectivity index is 1.55. The van der Waals surface area contributed by atoms with E-state index in [1.807, 2.05) is 19.9 Å². The lowest BCUT2D eigenvalue weighted by Gasteiger charge is -2.15. The van der Waals surface area contributed by atoms with E-state index >= 15 is 0 Å². The molecule has 3 rings (SSSR count). The van der Waals surface area contributed by atoms with E-state index in [0.717, 1.165) is 27.3 Å². The van der Waals surface area contributed by atoms with Crippen molar-refractivity contribution in [2.45, 2.75) is 32.7 Å². The summed E-state index contributed by atoms with van der Waals surface area (Å²) in [6.07, 6.45) is 0.524. The van der Waals surface area contributed by atoms with Crippen LogP contribution < -0.4 is 5.32 Å². The molecule has 26 heavy (non-hydrogen) atoms. The smallest absolute Gasteiger partial charge is 0.326 e. The number of hydrogen-bond acceptors (Lipinski definition) is 4. The Kier molecular flexibility index (Phi) is 4.67. The van der Waals surface area contributed by atoms with Crippen LogP contribution >= 0.6 is 0 Å². The van der Waals surface area contributed by atoms with E-state index in [4.69, 9.17) is 0 Å². The molecule has 1 saturated heterocycles. The summed E-state index contributed by atoms with van der Waals surface area (Å²) < 4.78 is 0. The Bertz CT molecular complexity index is 888. The van der Waals surface area contributed by atoms with Gasteiger partial charge in [0.2, 0.25) is 5.91 Å². The predicted molar refractivity (Wildman–Crippen MR) is 96.6 cm³/mol. The number of likely N-dealkylation sites (N-methyl/N-ethyl adjacent to an activating group) is 2. The number of aromatic amines is 1. The largest absolute Gasteiger partial charge is 0.356 e. The van der Waals surface area contributed by atoms with Gasteiger partial charge in [0.1, 0.15) is 11.9 Å². The van der Waals surface area contributed by atoms with Crippen LogP contribution in [-0.4, -0.2) is 64.3 Å². The van der Waals surface area contributed by atoms with Crippen LogP contribution in [0, 0.1) is 13.8 Å². The zero-order valence-electron chi connectivity index (χ0n) is 15.4. The normalized spacial score (nSPS) is 17.5. The number of fused-ring (bicyclic) bond motifs is 1. The van der Waals surface area contributed by atoms with Crippen molar-refractivity contribution in [3.8, 4) is 0 Å². The second-order valence-corrected chi connectivity index (χ2v) is 6.70. The second kappa shape index (κ2) is 6.78. The fraction of sp³-hybridized carbons (Fsp3) is 0.444. The van der Waals surface area contributed by atoms with E-state index in [9.17, 15) is 14.4 Å². The van der Waals surface area contributed by atoms with Crippen molar-refractivity contribution in [2.24, 2.45) is 0 Å². The minimum Gasteiger partial charge on any atom is -0.356 e. The van der Waals surface area contributed by atoms with Gasteiger partial charge in [-0.3, -0.25) is 14.5 Å². The summed E-state index contributed by atoms with van der Waals surface area (Å²) in [5.74, 6) is 0.190. The quantitative estimate of drug-likeness (QED) is 0.784. The first kappa shape index (κ1) is 17.9. The second-order valence-electron chi connectivity index (χ2n) is 6.70. The van der Waals surface area contributed by atoms with Crippen LogP contribution in [-0.2, 0) is 16.0 Å². The number of H-pyrrole nitrogens is 1. The Labute approximate surface area is 151 Å². The minimum absolute atomic E-state index is 0.0379. The van der Waals surface area contributed by atoms with Crippen molar-refractivity contribution in [3.63, 3.8) is 0 Å². The van der Waals surface area contributed by atoms with Gasteiger partial charge in [-0.15, -0.1) is 0 Å². The lowest BCUT2D eigenvalue weighted by atomic mass is 10.1. The van der Waals surface area contributed by atoms with Crippen molar-refractivity contribution in [2.75, 3.05) is 20.6 Å². The number of urea groups is 1. The first-order valence-corrected chi connectivity index (χ1v) is 8.55. The van der Waals surface area contributed by atoms with E-state index in [1.54, 1.807) is 0 Å². The van der Waals surface area contributed by atoms with Crippen molar-refractivity contribution in [1.82, 2.24) is 25.1 Å². The molecule has 0 bridgehead atoms. The van der Waals surface area contributed by atoms with E-state index in [0.29, 0.717) is 13.0 Å². The Hall–Kier alpha value is -2.90. The summed E-state index contributed by atoms with van der Waals surface area (Å²) in [4.78, 5) is 46.0. The SMILES string of the molecule is Cc1ccc2[nH]c(CCNC(=O)C[C@@H]3C(=O)N(C)C(=O)N3C)nc2c1C. The monoisotopic (exact) mass is 357 g/mol. The van der Waals surface area contributed by atoms with E-state index in [1.165, 1.54) is 24.6 Å². The highest BCUT2D eigenvalue weighted by Gasteiger charge is 2.41. The standard InChI is InChI=1S/C18H23N5O3/c1-10-5-6-12-16(11(10)2)21-14(20-12)7-8-19-15(24)9-13-17(25)23(4)18(26)22(13)3/h5-6,13H,7-9H2,1-4H3,(H,19,24)(H,20,21)/t13-/m1/s1. The summed E-state index contributed by atoms with van der Waals surface area (Å²) in [7, 11) is 2.95. The van der Waals surface area contributed by atoms with Crippen LogP contribution in [0.2, 0.25) is 0 Å². The van der Waals surface area contributed by atoms with Crippen LogP contribution in [0.5, 0.6) is 0 Å². The molecule has 2 aromatic rings. The number of carbonyl (C=O) groups is 3. The Morgan fingerprint density at radius 2 is 2.00 bits per heavy atom. The lowest BCUT2D eigenvalue weighted by molar-refractivity contribution is -0.131. The number of rotatable bonds is 5. The van der Waals surface area contributed by atoms with Gasteiger partial charge in [-0.25, -0.2) is 9.78 Å². The average molecular weight is 357 g/mol. The number of carbonyl (C=O) groups excluding carboxylic acids is 3. The van der Waals surface area contributed by atoms with Gasteiger partial charge in [0.15, 0.2) is 0 Å². The molecule has 0 radical (unpaired) electrons. The molecule has 8 heteroatoms. The van der Waals surface area contributed by atoms with E-state index < -0.39 is 6.04 Å². The van der Waals surface area contributed by atoms with Crippen molar-refractivity contribution < 1.29 is 14.4 Å². The van der Waals surface area contributed by atoms with Crippen LogP contribution in [0.3, 0.4) is 0 Å². The van der Waals surface area contributed by atoms with Crippen LogP contribution in [0.1, 0.15) is 23.4 Å². The molecule has 1 aromatic carbocycles. The molecule has 2 heterocycles. The molecular formula is C18H23N5O3. The maximum Gasteiger partial charge on any atom is 0.326 e. The van der Waals surface area contributed by atoms with Gasteiger partial charge in [0, 0.05) is 27.1 Å². The number of nitrogens with one attached hydrogen (secondary N) is 2. The molecule has 1 aromatic heterocycles. The zero-order chi connectivity index (χ0) is 19.0. The molecule has 8 nitrogen and oxygen atoms in total. The van der Waals surface area contributed by atoms with Gasteiger partial charge >= 0.3 is 6.03 Å². The van der Waals surface area contributed by atoms with Gasteiger partial charge in [-0.2, -0.15) is 0 Å². The van der Waals surface area contributed by atoms with Crippen molar-refractivity contribution in [3.05, 3.63) is 29.1 Å². The number of imide groups is 1. The van der Waals surface area contributed by atoms with Gasteiger partial charge in [0.25, 0.3) is 5.91 Å². The number of nitrogens with zero attached hydrogens (tertiary/aromatic N) is 3. The first-order valence-electron chi connectivity index (χ1n) is 8.55. The molecule has 1 fully saturated rings. The minimum atomic E-state index is -0.732. The van der Waals surface area contributed by atoms with Crippen LogP contribution in [0.15, 0.2) is 12.1 Å². The zero-order valence-corrected chi connectivity index (χ0v) is 15.4. The van der Waals surface area contributed by atoms with Crippen molar-refractivity contribution in [1.29, 1.82) is 0 Å². The van der Waals surface area contributed by atoms with Crippen molar-refractivity contribution >= 4 is 28.9 Å². The summed E-state index contributed by atoms with van der Waals surface area (Å²) in [6.45, 7) is 4.50. The first-order chi connectivity index (χ1) is 12.3. The molecule has 4 amide bonds. The van der Waals surface area contributed by atoms with Gasteiger partial charge in [-0.1, -0.05) is 6.07 Å². The van der Waals surface area contributed by atoms with Crippen LogP contribution in [0.25, 0.3) is 11.0 Å². The molecule has 138 valence electrons. The van der Waals surface area contributed by atoms with Gasteiger partial charge in [-0.05, 0) is 31.0 Å². The fourth-order valence-corrected chi connectivity index (χ4v) is 3.13. The molecule has 0 unspecified atom stereocenters. The number of hydrogen-bond donors (Lipinski definition) is 2. The summed E-state index contributed by atoms with van der Waals surface area (Å²) in [5, 5.41) is 2.79. The third kappa shape index (κ3) is 3.14. The average Bonchev–Trinajstić information content (AvgIpc) is 3.10. The van der Waals surface area contributed by atoms with E-state index in [2.05, 4.69) is 21.4 Å². The maximum atomic E-state index is 12.1. The molecule has 0 aliphatic carbocycles. The number of benzene rings is 1. The number of aromatic nitrogens is 2. The molecule has 2 N–H and O–H groups in total. The Morgan fingerprint density at radius 3 is 2.65 bits per heavy atom. The predicted octanol–water partition coefficient (Wildman–Crippen LogP) is 1.12. The fourth-order valence-electron chi connectivity index (χ4n) is 3.13. The number of aryl methyl sites for hydroxylation is 2. The molecule has 1 aliphatic heterocycles. The summed E-state index contributed by atoms with van der Waals surface area (Å²) in [5.41, 5.74) is 4.26. The van der Waals surface area contributed by atoms with Gasteiger partial charge in [0.05, 0.1) is 17.5 Å². The van der Waals surface area contributed by atoms with Crippen LogP contribution in [0.4, 0.5) is 4.79 Å². The third-order valence-corrected chi connectivity index (χ3v) is 4.96. The molecular weight excluding hydrogens is 334 g/mol. The summed E-state index contributed by atoms with van der Waals surface area (Å²) >= 11 is 0. The molecule has 1 aliphatic rings. The topological polar surface area (TPSA) is 98.4 Å². The van der Waals surface area contributed by atoms with E-state index in [-0.39, 0.29) is 24.3 Å². The highest BCUT2D eigenvalue weighted by atomic mass is 16.2. The highest BCUT2D eigenvalue weighted by molar-refractivity contribution is 6.05. The molecule has 0 spiro atoms. The maximum absolute atomic E-state index is 12.1. The summed E-state index contributed by atoms with van der Waals surface area (Å²) in [6, 6.07) is 2.93. The number of imidazole rings is 1. The third-order valence-electron chi connectivity index (χ3n) is 4.96. The Morgan fingerprint density at radius 1 is 1.27 bits per heavy atom.